The first-order valence-electron chi connectivity index (χ1n) is 13.9. The van der Waals surface area contributed by atoms with Gasteiger partial charge < -0.3 is 44.1 Å². The predicted molar refractivity (Wildman–Crippen MR) is 155 cm³/mol. The van der Waals surface area contributed by atoms with Crippen LogP contribution >= 0.6 is 15.6 Å². The molecule has 264 valence electrons. The summed E-state index contributed by atoms with van der Waals surface area (Å²) in [6, 6.07) is 5.21. The van der Waals surface area contributed by atoms with Gasteiger partial charge >= 0.3 is 70.9 Å². The van der Waals surface area contributed by atoms with Gasteiger partial charge in [0.1, 0.15) is 18.0 Å². The molecule has 1 aliphatic heterocycles. The number of methoxy groups -OCH3 is 1. The Kier molecular flexibility index (Phi) is 14.0. The Labute approximate surface area is 332 Å². The minimum atomic E-state index is -5.63. The standard InChI is InChI=1S/C25H30N8O14P2.2Na/c1-25(2,14-5-7-15(8-6-14)33(36)37)46-24(35)45-18-16(11-43-49(40,41)47-48(38,39)31-10-9-27-12-31)44-22(19(18)42-4)32-13-30(3)17-20(32)28-23(26)29-21(17)34;;/h5-10,12-13,16,18-19,22H,11H2,1-4H3,(H4-,26,28,29,34,38,39,40,41);;/q;2*+1/p-2/t16-,18?,19+,22-;;/m1../s1. The van der Waals surface area contributed by atoms with Gasteiger partial charge in [-0.05, 0) is 31.5 Å². The average Bonchev–Trinajstić information content (AvgIpc) is 3.74. The van der Waals surface area contributed by atoms with Gasteiger partial charge in [-0.15, -0.1) is 0 Å². The summed E-state index contributed by atoms with van der Waals surface area (Å²) in [4.78, 5) is 60.0. The molecule has 4 aromatic rings. The first kappa shape index (κ1) is 42.9. The van der Waals surface area contributed by atoms with E-state index in [-0.39, 0.29) is 81.9 Å². The maximum atomic E-state index is 13.2. The summed E-state index contributed by atoms with van der Waals surface area (Å²) in [7, 11) is -8.15. The van der Waals surface area contributed by atoms with Crippen LogP contribution in [0.2, 0.25) is 0 Å². The van der Waals surface area contributed by atoms with E-state index in [1.54, 1.807) is 0 Å². The van der Waals surface area contributed by atoms with Crippen LogP contribution in [0.25, 0.3) is 11.2 Å². The van der Waals surface area contributed by atoms with Crippen molar-refractivity contribution in [1.82, 2.24) is 23.9 Å². The van der Waals surface area contributed by atoms with E-state index in [0.29, 0.717) is 9.90 Å². The number of nitrogens with two attached hydrogens (primary N) is 1. The van der Waals surface area contributed by atoms with Gasteiger partial charge in [0.2, 0.25) is 14.0 Å². The number of phosphoric ester groups is 1. The molecule has 3 aromatic heterocycles. The normalized spacial score (nSPS) is 21.1. The van der Waals surface area contributed by atoms with Crippen LogP contribution in [0.5, 0.6) is 5.88 Å². The number of fused-ring (bicyclic) bond motifs is 1. The average molecular weight is 772 g/mol. The van der Waals surface area contributed by atoms with E-state index in [2.05, 4.69) is 19.3 Å². The number of imidazole rings is 2. The number of hydrogen-bond acceptors (Lipinski definition) is 18. The molecular weight excluding hydrogens is 744 g/mol. The number of nitro groups is 1. The summed E-state index contributed by atoms with van der Waals surface area (Å²) in [5, 5.41) is 23.6. The van der Waals surface area contributed by atoms with Crippen LogP contribution in [0.1, 0.15) is 25.6 Å². The van der Waals surface area contributed by atoms with E-state index in [1.807, 2.05) is 0 Å². The Bertz CT molecular complexity index is 1970. The van der Waals surface area contributed by atoms with Gasteiger partial charge in [0.05, 0.1) is 18.6 Å². The van der Waals surface area contributed by atoms with Crippen LogP contribution in [-0.4, -0.2) is 67.0 Å². The zero-order chi connectivity index (χ0) is 35.9. The zero-order valence-corrected chi connectivity index (χ0v) is 33.7. The van der Waals surface area contributed by atoms with Crippen molar-refractivity contribution < 1.29 is 125 Å². The fourth-order valence-electron chi connectivity index (χ4n) is 5.01. The van der Waals surface area contributed by atoms with Crippen LogP contribution in [0, 0.1) is 10.1 Å². The van der Waals surface area contributed by atoms with Gasteiger partial charge in [0, 0.05) is 37.5 Å². The molecule has 0 bridgehead atoms. The molecule has 22 nitrogen and oxygen atoms in total. The number of hydrogen-bond donors (Lipinski definition) is 1. The second kappa shape index (κ2) is 16.6. The molecule has 1 aliphatic rings. The number of benzene rings is 1. The fourth-order valence-corrected chi connectivity index (χ4v) is 7.29. The van der Waals surface area contributed by atoms with Crippen molar-refractivity contribution in [1.29, 1.82) is 0 Å². The third-order valence-corrected chi connectivity index (χ3v) is 10.2. The Morgan fingerprint density at radius 2 is 1.82 bits per heavy atom. The largest absolute Gasteiger partial charge is 1.00 e. The van der Waals surface area contributed by atoms with Crippen LogP contribution in [-0.2, 0) is 49.6 Å². The number of carbonyl (C=O) groups is 1. The number of non-ortho nitro benzene ring substituents is 1. The Hall–Kier alpha value is -2.53. The summed E-state index contributed by atoms with van der Waals surface area (Å²) in [6.45, 7) is 2.00. The quantitative estimate of drug-likeness (QED) is 0.0350. The maximum absolute atomic E-state index is 13.2. The molecule has 26 heteroatoms. The molecule has 5 rings (SSSR count). The summed E-state index contributed by atoms with van der Waals surface area (Å²) in [6.07, 6.45) is -2.71. The minimum Gasteiger partial charge on any atom is -0.856 e. The van der Waals surface area contributed by atoms with Crippen LogP contribution in [0.4, 0.5) is 16.4 Å². The first-order valence-corrected chi connectivity index (χ1v) is 16.9. The molecule has 3 unspecified atom stereocenters. The Morgan fingerprint density at radius 1 is 1.16 bits per heavy atom. The summed E-state index contributed by atoms with van der Waals surface area (Å²) in [5.74, 6) is -1.08. The SMILES string of the molecule is CO[C@H]1C(OC(=O)OC(C)(C)c2ccc([N+](=O)[O-])cc2)[C@@H](COP(=O)([O-])OP(=O)([O-])n2ccnc2)O[C@H]1[n+]1cn(C)c2c([O-])nc(N)nc21.[Na+].[Na+]. The molecule has 1 saturated heterocycles. The minimum absolute atomic E-state index is 0. The van der Waals surface area contributed by atoms with Crippen LogP contribution in [0.15, 0.2) is 49.3 Å². The second-order valence-corrected chi connectivity index (χ2v) is 14.1. The van der Waals surface area contributed by atoms with Crippen molar-refractivity contribution in [3.05, 3.63) is 65.0 Å². The zero-order valence-electron chi connectivity index (χ0n) is 28.0. The molecule has 0 aliphatic carbocycles. The van der Waals surface area contributed by atoms with Gasteiger partial charge in [0.25, 0.3) is 19.5 Å². The van der Waals surface area contributed by atoms with Crippen molar-refractivity contribution in [3.8, 4) is 5.88 Å². The first-order chi connectivity index (χ1) is 22.9. The fraction of sp³-hybridized carbons (Fsp3) is 0.400. The molecule has 51 heavy (non-hydrogen) atoms. The number of nitro benzene ring substituents is 1. The summed E-state index contributed by atoms with van der Waals surface area (Å²) >= 11 is 0. The molecule has 4 heterocycles. The van der Waals surface area contributed by atoms with E-state index < -0.39 is 69.3 Å². The third-order valence-electron chi connectivity index (χ3n) is 7.30. The molecule has 0 saturated carbocycles. The van der Waals surface area contributed by atoms with E-state index in [9.17, 15) is 38.9 Å². The van der Waals surface area contributed by atoms with Crippen LogP contribution < -0.4 is 84.3 Å². The molecule has 1 fully saturated rings. The Balaban J connectivity index is 0.00000351. The van der Waals surface area contributed by atoms with Crippen molar-refractivity contribution in [2.45, 2.75) is 44.0 Å². The van der Waals surface area contributed by atoms with Crippen LogP contribution in [0.3, 0.4) is 0 Å². The van der Waals surface area contributed by atoms with Crippen molar-refractivity contribution >= 4 is 44.5 Å². The topological polar surface area (TPSA) is 297 Å². The van der Waals surface area contributed by atoms with Gasteiger partial charge in [-0.25, -0.2) is 19.3 Å². The number of anilines is 1. The molecule has 2 N–H and O–H groups in total. The van der Waals surface area contributed by atoms with Crippen molar-refractivity contribution in [3.63, 3.8) is 0 Å². The molecule has 0 amide bonds. The second-order valence-electron chi connectivity index (χ2n) is 10.9. The maximum Gasteiger partial charge on any atom is 1.00 e. The van der Waals surface area contributed by atoms with Crippen molar-refractivity contribution in [2.24, 2.45) is 7.05 Å². The smallest absolute Gasteiger partial charge is 0.856 e. The number of carbonyl (C=O) groups excluding carboxylic acids is 1. The number of nitrogen functional groups attached to an aromatic ring is 1. The predicted octanol–water partition coefficient (Wildman–Crippen LogP) is -6.09. The van der Waals surface area contributed by atoms with E-state index >= 15 is 0 Å². The number of phosphoric acid groups is 1. The third kappa shape index (κ3) is 9.53. The molecular formula is C25H28N8Na2O14P2. The van der Waals surface area contributed by atoms with Gasteiger partial charge in [-0.3, -0.25) is 32.5 Å². The van der Waals surface area contributed by atoms with E-state index in [0.717, 1.165) is 18.7 Å². The molecule has 1 aromatic carbocycles. The summed E-state index contributed by atoms with van der Waals surface area (Å²) in [5.41, 5.74) is 4.48. The molecule has 6 atom stereocenters. The van der Waals surface area contributed by atoms with Crippen molar-refractivity contribution in [2.75, 3.05) is 19.5 Å². The number of nitrogens with zero attached hydrogens (tertiary/aromatic N) is 7. The summed E-state index contributed by atoms with van der Waals surface area (Å²) < 4.78 is 60.0. The number of aromatic nitrogens is 6. The molecule has 0 spiro atoms. The van der Waals surface area contributed by atoms with Gasteiger partial charge in [-0.2, -0.15) is 0 Å². The number of ether oxygens (including phenoxy) is 4. The van der Waals surface area contributed by atoms with E-state index in [1.165, 1.54) is 67.7 Å². The number of rotatable bonds is 12. The van der Waals surface area contributed by atoms with E-state index in [4.69, 9.17) is 29.2 Å². The molecule has 0 radical (unpaired) electrons. The monoisotopic (exact) mass is 772 g/mol. The Morgan fingerprint density at radius 3 is 2.41 bits per heavy atom. The van der Waals surface area contributed by atoms with Gasteiger partial charge in [0.15, 0.2) is 24.1 Å². The number of aryl methyl sites for hydroxylation is 1. The van der Waals surface area contributed by atoms with Gasteiger partial charge in [-0.1, -0.05) is 4.98 Å².